The lowest BCUT2D eigenvalue weighted by atomic mass is 9.50. The predicted molar refractivity (Wildman–Crippen MR) is 97.4 cm³/mol. The third-order valence-electron chi connectivity index (χ3n) is 8.92. The molecule has 0 aromatic heterocycles. The highest BCUT2D eigenvalue weighted by Crippen LogP contribution is 2.66. The third kappa shape index (κ3) is 3.13. The van der Waals surface area contributed by atoms with E-state index in [0.29, 0.717) is 44.4 Å². The Kier molecular flexibility index (Phi) is 5.09. The van der Waals surface area contributed by atoms with Crippen molar-refractivity contribution in [2.75, 3.05) is 0 Å². The molecule has 0 aliphatic heterocycles. The minimum atomic E-state index is -5.45. The van der Waals surface area contributed by atoms with Crippen molar-refractivity contribution in [1.82, 2.24) is 0 Å². The van der Waals surface area contributed by atoms with Crippen molar-refractivity contribution >= 4 is 0 Å². The van der Waals surface area contributed by atoms with Crippen molar-refractivity contribution in [3.63, 3.8) is 0 Å². The summed E-state index contributed by atoms with van der Waals surface area (Å²) in [6.07, 6.45) is -3.19. The van der Waals surface area contributed by atoms with E-state index in [1.165, 1.54) is 6.92 Å². The highest BCUT2D eigenvalue weighted by Gasteiger charge is 2.79. The molecule has 5 saturated carbocycles. The Morgan fingerprint density at radius 3 is 1.77 bits per heavy atom. The van der Waals surface area contributed by atoms with Gasteiger partial charge in [0.25, 0.3) is 11.8 Å². The van der Waals surface area contributed by atoms with E-state index < -0.39 is 53.9 Å². The zero-order valence-corrected chi connectivity index (χ0v) is 17.7. The second-order valence-corrected chi connectivity index (χ2v) is 10.8. The van der Waals surface area contributed by atoms with Crippen LogP contribution in [0, 0.1) is 35.5 Å². The van der Waals surface area contributed by atoms with Crippen molar-refractivity contribution in [3.8, 4) is 0 Å². The largest absolute Gasteiger partial charge is 0.423 e. The van der Waals surface area contributed by atoms with Crippen LogP contribution in [0.3, 0.4) is 0 Å². The summed E-state index contributed by atoms with van der Waals surface area (Å²) < 4.78 is 109. The Hall–Kier alpha value is -0.530. The fourth-order valence-corrected chi connectivity index (χ4v) is 7.36. The smallest absolute Gasteiger partial charge is 0.353 e. The fraction of sp³-hybridized carbons (Fsp3) is 1.00. The molecule has 0 radical (unpaired) electrons. The van der Waals surface area contributed by atoms with Gasteiger partial charge in [-0.25, -0.2) is 17.6 Å². The molecule has 174 valence electrons. The topological polar surface area (TPSA) is 9.23 Å². The van der Waals surface area contributed by atoms with Crippen LogP contribution in [0.25, 0.3) is 0 Å². The Morgan fingerprint density at radius 2 is 1.37 bits per heavy atom. The molecule has 5 rings (SSSR count). The number of hydrogen-bond acceptors (Lipinski definition) is 1. The number of halogens is 7. The maximum absolute atomic E-state index is 15.6. The van der Waals surface area contributed by atoms with Crippen molar-refractivity contribution in [1.29, 1.82) is 0 Å². The van der Waals surface area contributed by atoms with Gasteiger partial charge >= 0.3 is 6.18 Å². The van der Waals surface area contributed by atoms with Gasteiger partial charge in [-0.1, -0.05) is 13.3 Å². The molecule has 0 heterocycles. The second kappa shape index (κ2) is 6.74. The van der Waals surface area contributed by atoms with E-state index in [-0.39, 0.29) is 18.3 Å². The summed E-state index contributed by atoms with van der Waals surface area (Å²) in [6, 6.07) is 0. The van der Waals surface area contributed by atoms with E-state index in [9.17, 15) is 22.0 Å². The molecule has 0 amide bonds. The SMILES string of the molecule is CCC1CC(C(C)(F)F)C(F)(F)C(OC2(C)C3CC4CC(C3)CC2C4)(C(F)(F)F)C1. The van der Waals surface area contributed by atoms with Crippen molar-refractivity contribution < 1.29 is 35.5 Å². The van der Waals surface area contributed by atoms with Crippen LogP contribution < -0.4 is 0 Å². The summed E-state index contributed by atoms with van der Waals surface area (Å²) in [4.78, 5) is 0. The maximum Gasteiger partial charge on any atom is 0.423 e. The zero-order chi connectivity index (χ0) is 22.3. The first-order valence-electron chi connectivity index (χ1n) is 11.2. The summed E-state index contributed by atoms with van der Waals surface area (Å²) in [5, 5.41) is 0. The summed E-state index contributed by atoms with van der Waals surface area (Å²) in [5.74, 6) is -11.9. The lowest BCUT2D eigenvalue weighted by Crippen LogP contribution is -2.73. The Balaban J connectivity index is 1.79. The third-order valence-corrected chi connectivity index (χ3v) is 8.92. The first-order valence-corrected chi connectivity index (χ1v) is 11.2. The lowest BCUT2D eigenvalue weighted by Gasteiger charge is -2.63. The van der Waals surface area contributed by atoms with Crippen LogP contribution in [0.2, 0.25) is 0 Å². The fourth-order valence-electron chi connectivity index (χ4n) is 7.36. The van der Waals surface area contributed by atoms with E-state index in [4.69, 9.17) is 4.74 Å². The van der Waals surface area contributed by atoms with Crippen molar-refractivity contribution in [3.05, 3.63) is 0 Å². The number of alkyl halides is 7. The van der Waals surface area contributed by atoms with Gasteiger partial charge in [0.05, 0.1) is 11.5 Å². The summed E-state index contributed by atoms with van der Waals surface area (Å²) in [7, 11) is 0. The molecule has 3 unspecified atom stereocenters. The monoisotopic (exact) mass is 444 g/mol. The molecule has 1 nitrogen and oxygen atoms in total. The highest BCUT2D eigenvalue weighted by atomic mass is 19.4. The first kappa shape index (κ1) is 22.7. The van der Waals surface area contributed by atoms with Gasteiger partial charge in [-0.15, -0.1) is 0 Å². The Bertz CT molecular complexity index is 639. The molecule has 0 aromatic carbocycles. The normalized spacial score (nSPS) is 48.2. The maximum atomic E-state index is 15.6. The first-order chi connectivity index (χ1) is 13.6. The number of hydrogen-bond donors (Lipinski definition) is 0. The standard InChI is InChI=1S/C22H31F7O/c1-4-12-10-17(19(3,23)24)21(25,26)20(11-12,22(27,28)29)30-18(2)15-6-13-5-14(8-15)9-16(18)7-13/h12-17H,4-11H2,1-3H3. The van der Waals surface area contributed by atoms with E-state index >= 15 is 8.78 Å². The minimum Gasteiger partial charge on any atom is -0.353 e. The average Bonchev–Trinajstić information content (AvgIpc) is 2.58. The highest BCUT2D eigenvalue weighted by molar-refractivity contribution is 5.15. The molecular formula is C22H31F7O. The van der Waals surface area contributed by atoms with Gasteiger partial charge in [-0.2, -0.15) is 13.2 Å². The molecule has 3 atom stereocenters. The summed E-state index contributed by atoms with van der Waals surface area (Å²) in [5.41, 5.74) is -5.25. The summed E-state index contributed by atoms with van der Waals surface area (Å²) >= 11 is 0. The molecule has 0 aromatic rings. The van der Waals surface area contributed by atoms with E-state index in [0.717, 1.165) is 6.42 Å². The van der Waals surface area contributed by atoms with Crippen LogP contribution in [-0.4, -0.2) is 29.2 Å². The molecule has 0 N–H and O–H groups in total. The van der Waals surface area contributed by atoms with E-state index in [2.05, 4.69) is 0 Å². The van der Waals surface area contributed by atoms with Crippen LogP contribution in [0.15, 0.2) is 0 Å². The van der Waals surface area contributed by atoms with Crippen molar-refractivity contribution in [2.24, 2.45) is 35.5 Å². The van der Waals surface area contributed by atoms with Crippen LogP contribution in [-0.2, 0) is 4.74 Å². The number of ether oxygens (including phenoxy) is 1. The van der Waals surface area contributed by atoms with Gasteiger partial charge in [0.1, 0.15) is 0 Å². The van der Waals surface area contributed by atoms with Gasteiger partial charge in [0.2, 0.25) is 5.60 Å². The lowest BCUT2D eigenvalue weighted by molar-refractivity contribution is -0.421. The number of rotatable bonds is 4. The molecule has 0 spiro atoms. The molecule has 30 heavy (non-hydrogen) atoms. The van der Waals surface area contributed by atoms with Gasteiger partial charge in [0.15, 0.2) is 0 Å². The van der Waals surface area contributed by atoms with Crippen LogP contribution in [0.1, 0.15) is 72.1 Å². The van der Waals surface area contributed by atoms with E-state index in [1.807, 2.05) is 0 Å². The molecule has 5 aliphatic carbocycles. The van der Waals surface area contributed by atoms with Gasteiger partial charge in [-0.05, 0) is 88.4 Å². The molecule has 5 fully saturated rings. The van der Waals surface area contributed by atoms with Crippen LogP contribution in [0.4, 0.5) is 30.7 Å². The van der Waals surface area contributed by atoms with Gasteiger partial charge in [-0.3, -0.25) is 0 Å². The van der Waals surface area contributed by atoms with Crippen LogP contribution in [0.5, 0.6) is 0 Å². The van der Waals surface area contributed by atoms with Gasteiger partial charge in [0, 0.05) is 0 Å². The molecular weight excluding hydrogens is 413 g/mol. The average molecular weight is 444 g/mol. The Morgan fingerprint density at radius 1 is 0.867 bits per heavy atom. The second-order valence-electron chi connectivity index (χ2n) is 10.8. The molecule has 0 saturated heterocycles. The molecule has 8 heteroatoms. The Labute approximate surface area is 173 Å². The van der Waals surface area contributed by atoms with Gasteiger partial charge < -0.3 is 4.74 Å². The quantitative estimate of drug-likeness (QED) is 0.415. The molecule has 5 aliphatic rings. The minimum absolute atomic E-state index is 0.123. The van der Waals surface area contributed by atoms with Crippen molar-refractivity contribution in [2.45, 2.75) is 101 Å². The van der Waals surface area contributed by atoms with E-state index in [1.54, 1.807) is 6.92 Å². The molecule has 4 bridgehead atoms. The zero-order valence-electron chi connectivity index (χ0n) is 17.7. The summed E-state index contributed by atoms with van der Waals surface area (Å²) in [6.45, 7) is 3.40. The predicted octanol–water partition coefficient (Wildman–Crippen LogP) is 7.25. The van der Waals surface area contributed by atoms with Crippen LogP contribution >= 0.6 is 0 Å².